The minimum absolute atomic E-state index is 0.110. The number of amides is 2. The third kappa shape index (κ3) is 5.01. The van der Waals surface area contributed by atoms with Crippen LogP contribution in [0.2, 0.25) is 0 Å². The highest BCUT2D eigenvalue weighted by Gasteiger charge is 2.24. The van der Waals surface area contributed by atoms with Gasteiger partial charge in [-0.2, -0.15) is 0 Å². The second-order valence-corrected chi connectivity index (χ2v) is 6.97. The van der Waals surface area contributed by atoms with Crippen LogP contribution in [0.1, 0.15) is 42.5 Å². The first-order valence-corrected chi connectivity index (χ1v) is 9.18. The van der Waals surface area contributed by atoms with E-state index in [1.165, 1.54) is 30.7 Å². The summed E-state index contributed by atoms with van der Waals surface area (Å²) >= 11 is 0. The first kappa shape index (κ1) is 17.9. The van der Waals surface area contributed by atoms with Gasteiger partial charge in [-0.05, 0) is 56.4 Å². The van der Waals surface area contributed by atoms with Crippen LogP contribution in [0.25, 0.3) is 0 Å². The van der Waals surface area contributed by atoms with Crippen molar-refractivity contribution in [2.75, 3.05) is 32.7 Å². The summed E-state index contributed by atoms with van der Waals surface area (Å²) in [6, 6.07) is 5.70. The molecule has 0 atom stereocenters. The van der Waals surface area contributed by atoms with Crippen molar-refractivity contribution in [2.45, 2.75) is 38.1 Å². The molecular formula is C19H26FN3O2. The van der Waals surface area contributed by atoms with Crippen LogP contribution in [-0.4, -0.2) is 60.4 Å². The van der Waals surface area contributed by atoms with Crippen LogP contribution in [0, 0.1) is 5.82 Å². The van der Waals surface area contributed by atoms with Gasteiger partial charge in [0.25, 0.3) is 5.91 Å². The average molecular weight is 347 g/mol. The van der Waals surface area contributed by atoms with E-state index in [1.807, 2.05) is 4.90 Å². The second kappa shape index (κ2) is 8.43. The molecule has 2 aliphatic heterocycles. The first-order chi connectivity index (χ1) is 12.1. The Morgan fingerprint density at radius 3 is 2.28 bits per heavy atom. The predicted octanol–water partition coefficient (Wildman–Crippen LogP) is 2.03. The fourth-order valence-corrected chi connectivity index (χ4v) is 3.54. The smallest absolute Gasteiger partial charge is 0.251 e. The SMILES string of the molecule is O=C(NC1CCN(CC(=O)N2CCCCC2)CC1)c1ccc(F)cc1. The zero-order valence-corrected chi connectivity index (χ0v) is 14.5. The maximum absolute atomic E-state index is 12.9. The Morgan fingerprint density at radius 1 is 1.00 bits per heavy atom. The third-order valence-corrected chi connectivity index (χ3v) is 5.10. The van der Waals surface area contributed by atoms with Crippen molar-refractivity contribution in [2.24, 2.45) is 0 Å². The van der Waals surface area contributed by atoms with Gasteiger partial charge in [0.2, 0.25) is 5.91 Å². The second-order valence-electron chi connectivity index (χ2n) is 6.97. The Bertz CT molecular complexity index is 591. The quantitative estimate of drug-likeness (QED) is 0.907. The van der Waals surface area contributed by atoms with Crippen molar-refractivity contribution in [3.63, 3.8) is 0 Å². The van der Waals surface area contributed by atoms with Gasteiger partial charge in [0.1, 0.15) is 5.82 Å². The molecule has 2 aliphatic rings. The summed E-state index contributed by atoms with van der Waals surface area (Å²) in [5.41, 5.74) is 0.476. The molecule has 0 saturated carbocycles. The lowest BCUT2D eigenvalue weighted by atomic mass is 10.0. The molecule has 2 heterocycles. The molecule has 0 spiro atoms. The lowest BCUT2D eigenvalue weighted by Crippen LogP contribution is -2.48. The lowest BCUT2D eigenvalue weighted by Gasteiger charge is -2.34. The van der Waals surface area contributed by atoms with Crippen molar-refractivity contribution in [3.05, 3.63) is 35.6 Å². The van der Waals surface area contributed by atoms with Crippen LogP contribution in [0.15, 0.2) is 24.3 Å². The molecule has 2 amide bonds. The summed E-state index contributed by atoms with van der Waals surface area (Å²) < 4.78 is 12.9. The Labute approximate surface area is 148 Å². The maximum atomic E-state index is 12.9. The van der Waals surface area contributed by atoms with Gasteiger partial charge in [0.15, 0.2) is 0 Å². The van der Waals surface area contributed by atoms with Crippen LogP contribution in [0.3, 0.4) is 0 Å². The molecule has 0 bridgehead atoms. The zero-order valence-electron chi connectivity index (χ0n) is 14.5. The molecule has 1 aromatic rings. The van der Waals surface area contributed by atoms with Gasteiger partial charge in [-0.1, -0.05) is 0 Å². The van der Waals surface area contributed by atoms with Crippen LogP contribution in [-0.2, 0) is 4.79 Å². The number of hydrogen-bond acceptors (Lipinski definition) is 3. The topological polar surface area (TPSA) is 52.7 Å². The van der Waals surface area contributed by atoms with Crippen molar-refractivity contribution < 1.29 is 14.0 Å². The Morgan fingerprint density at radius 2 is 1.64 bits per heavy atom. The number of nitrogens with one attached hydrogen (secondary N) is 1. The molecule has 25 heavy (non-hydrogen) atoms. The lowest BCUT2D eigenvalue weighted by molar-refractivity contribution is -0.133. The maximum Gasteiger partial charge on any atom is 0.251 e. The highest BCUT2D eigenvalue weighted by Crippen LogP contribution is 2.14. The standard InChI is InChI=1S/C19H26FN3O2/c20-16-6-4-15(5-7-16)19(25)21-17-8-12-22(13-9-17)14-18(24)23-10-2-1-3-11-23/h4-7,17H,1-3,8-14H2,(H,21,25). The Kier molecular flexibility index (Phi) is 6.02. The number of benzene rings is 1. The van der Waals surface area contributed by atoms with Crippen LogP contribution in [0.4, 0.5) is 4.39 Å². The molecule has 1 aromatic carbocycles. The summed E-state index contributed by atoms with van der Waals surface area (Å²) in [5.74, 6) is -0.278. The summed E-state index contributed by atoms with van der Waals surface area (Å²) in [4.78, 5) is 28.7. The number of piperidine rings is 2. The van der Waals surface area contributed by atoms with Crippen molar-refractivity contribution >= 4 is 11.8 Å². The summed E-state index contributed by atoms with van der Waals surface area (Å²) in [6.07, 6.45) is 5.12. The van der Waals surface area contributed by atoms with E-state index in [-0.39, 0.29) is 23.7 Å². The summed E-state index contributed by atoms with van der Waals surface area (Å²) in [6.45, 7) is 3.90. The molecule has 0 radical (unpaired) electrons. The van der Waals surface area contributed by atoms with Gasteiger partial charge < -0.3 is 10.2 Å². The highest BCUT2D eigenvalue weighted by molar-refractivity contribution is 5.94. The number of rotatable bonds is 4. The molecule has 6 heteroatoms. The zero-order chi connectivity index (χ0) is 17.6. The number of hydrogen-bond donors (Lipinski definition) is 1. The first-order valence-electron chi connectivity index (χ1n) is 9.18. The Balaban J connectivity index is 1.41. The van der Waals surface area contributed by atoms with Gasteiger partial charge in [0.05, 0.1) is 6.54 Å². The molecule has 1 N–H and O–H groups in total. The number of nitrogens with zero attached hydrogens (tertiary/aromatic N) is 2. The van der Waals surface area contributed by atoms with E-state index >= 15 is 0 Å². The number of carbonyl (C=O) groups is 2. The fraction of sp³-hybridized carbons (Fsp3) is 0.579. The van der Waals surface area contributed by atoms with E-state index in [0.717, 1.165) is 51.9 Å². The minimum Gasteiger partial charge on any atom is -0.349 e. The van der Waals surface area contributed by atoms with Gasteiger partial charge in [-0.15, -0.1) is 0 Å². The van der Waals surface area contributed by atoms with Crippen LogP contribution >= 0.6 is 0 Å². The third-order valence-electron chi connectivity index (χ3n) is 5.10. The molecule has 2 saturated heterocycles. The van der Waals surface area contributed by atoms with Gasteiger partial charge in [-0.25, -0.2) is 4.39 Å². The van der Waals surface area contributed by atoms with E-state index in [0.29, 0.717) is 12.1 Å². The predicted molar refractivity (Wildman–Crippen MR) is 93.8 cm³/mol. The van der Waals surface area contributed by atoms with E-state index in [9.17, 15) is 14.0 Å². The number of likely N-dealkylation sites (tertiary alicyclic amines) is 2. The van der Waals surface area contributed by atoms with Gasteiger partial charge >= 0.3 is 0 Å². The highest BCUT2D eigenvalue weighted by atomic mass is 19.1. The van der Waals surface area contributed by atoms with Crippen molar-refractivity contribution in [1.82, 2.24) is 15.1 Å². The molecule has 3 rings (SSSR count). The summed E-state index contributed by atoms with van der Waals surface area (Å²) in [5, 5.41) is 3.01. The molecule has 136 valence electrons. The van der Waals surface area contributed by atoms with Crippen molar-refractivity contribution in [3.8, 4) is 0 Å². The fourth-order valence-electron chi connectivity index (χ4n) is 3.54. The normalized spacial score (nSPS) is 19.6. The van der Waals surface area contributed by atoms with E-state index < -0.39 is 0 Å². The van der Waals surface area contributed by atoms with E-state index in [2.05, 4.69) is 10.2 Å². The van der Waals surface area contributed by atoms with Gasteiger partial charge in [-0.3, -0.25) is 14.5 Å². The average Bonchev–Trinajstić information content (AvgIpc) is 2.64. The number of carbonyl (C=O) groups excluding carboxylic acids is 2. The van der Waals surface area contributed by atoms with E-state index in [4.69, 9.17) is 0 Å². The Hall–Kier alpha value is -1.95. The molecule has 5 nitrogen and oxygen atoms in total. The van der Waals surface area contributed by atoms with Crippen molar-refractivity contribution in [1.29, 1.82) is 0 Å². The number of halogens is 1. The molecule has 2 fully saturated rings. The van der Waals surface area contributed by atoms with E-state index in [1.54, 1.807) is 0 Å². The minimum atomic E-state index is -0.344. The molecule has 0 aromatic heterocycles. The molecular weight excluding hydrogens is 321 g/mol. The summed E-state index contributed by atoms with van der Waals surface area (Å²) in [7, 11) is 0. The van der Waals surface area contributed by atoms with Crippen LogP contribution < -0.4 is 5.32 Å². The largest absolute Gasteiger partial charge is 0.349 e. The van der Waals surface area contributed by atoms with Gasteiger partial charge in [0, 0.05) is 37.8 Å². The van der Waals surface area contributed by atoms with Crippen LogP contribution in [0.5, 0.6) is 0 Å². The molecule has 0 aliphatic carbocycles. The monoisotopic (exact) mass is 347 g/mol. The molecule has 0 unspecified atom stereocenters.